The summed E-state index contributed by atoms with van der Waals surface area (Å²) in [6, 6.07) is 6.57. The molecule has 0 bridgehead atoms. The van der Waals surface area contributed by atoms with Crippen LogP contribution in [0.5, 0.6) is 0 Å². The van der Waals surface area contributed by atoms with Crippen molar-refractivity contribution >= 4 is 49.1 Å². The maximum Gasteiger partial charge on any atom is 0.0608 e. The van der Waals surface area contributed by atoms with Crippen LogP contribution in [0, 0.1) is 6.92 Å². The van der Waals surface area contributed by atoms with E-state index in [1.54, 1.807) is 0 Å². The molecule has 0 atom stereocenters. The van der Waals surface area contributed by atoms with Crippen LogP contribution in [-0.4, -0.2) is 6.26 Å². The molecule has 1 aromatic heterocycles. The van der Waals surface area contributed by atoms with E-state index in [4.69, 9.17) is 0 Å². The van der Waals surface area contributed by atoms with Crippen molar-refractivity contribution in [1.82, 2.24) is 0 Å². The van der Waals surface area contributed by atoms with E-state index in [0.29, 0.717) is 0 Å². The predicted octanol–water partition coefficient (Wildman–Crippen LogP) is 4.69. The van der Waals surface area contributed by atoms with E-state index in [0.717, 1.165) is 0 Å². The Hall–Kier alpha value is 0.01000. The standard InChI is InChI=1S/C10H9BrS2/c1-6-7-5-10(12-2)13-9(7)4-3-8(6)11/h3-5H,1-2H3. The number of hydrogen-bond donors (Lipinski definition) is 0. The Kier molecular flexibility index (Phi) is 2.67. The molecule has 0 N–H and O–H groups in total. The van der Waals surface area contributed by atoms with Crippen molar-refractivity contribution in [2.45, 2.75) is 11.1 Å². The van der Waals surface area contributed by atoms with E-state index >= 15 is 0 Å². The second-order valence-corrected chi connectivity index (χ2v) is 5.90. The molecule has 0 aliphatic heterocycles. The number of benzene rings is 1. The average molecular weight is 273 g/mol. The molecule has 2 aromatic rings. The van der Waals surface area contributed by atoms with Crippen molar-refractivity contribution in [3.8, 4) is 0 Å². The molecule has 0 aliphatic carbocycles. The Balaban J connectivity index is 2.76. The molecule has 0 aliphatic rings. The smallest absolute Gasteiger partial charge is 0.0608 e. The molecule has 1 aromatic carbocycles. The van der Waals surface area contributed by atoms with E-state index in [-0.39, 0.29) is 0 Å². The first-order valence-corrected chi connectivity index (χ1v) is 6.78. The van der Waals surface area contributed by atoms with Gasteiger partial charge in [-0.2, -0.15) is 0 Å². The van der Waals surface area contributed by atoms with Crippen molar-refractivity contribution in [3.05, 3.63) is 28.2 Å². The highest BCUT2D eigenvalue weighted by Crippen LogP contribution is 2.35. The number of thiophene rings is 1. The van der Waals surface area contributed by atoms with Crippen LogP contribution >= 0.6 is 39.0 Å². The molecule has 0 amide bonds. The molecule has 2 rings (SSSR count). The maximum absolute atomic E-state index is 3.55. The normalized spacial score (nSPS) is 11.0. The molecule has 0 saturated carbocycles. The molecular formula is C10H9BrS2. The minimum atomic E-state index is 1.20. The van der Waals surface area contributed by atoms with E-state index in [9.17, 15) is 0 Å². The van der Waals surface area contributed by atoms with Gasteiger partial charge in [0.25, 0.3) is 0 Å². The van der Waals surface area contributed by atoms with Gasteiger partial charge < -0.3 is 0 Å². The fourth-order valence-electron chi connectivity index (χ4n) is 1.30. The largest absolute Gasteiger partial charge is 0.129 e. The highest BCUT2D eigenvalue weighted by Gasteiger charge is 2.05. The Morgan fingerprint density at radius 3 is 2.85 bits per heavy atom. The first kappa shape index (κ1) is 9.56. The zero-order valence-corrected chi connectivity index (χ0v) is 10.6. The van der Waals surface area contributed by atoms with Crippen LogP contribution in [0.1, 0.15) is 5.56 Å². The van der Waals surface area contributed by atoms with Gasteiger partial charge in [-0.3, -0.25) is 0 Å². The first-order chi connectivity index (χ1) is 6.22. The van der Waals surface area contributed by atoms with Crippen molar-refractivity contribution in [2.24, 2.45) is 0 Å². The number of hydrogen-bond acceptors (Lipinski definition) is 2. The van der Waals surface area contributed by atoms with Gasteiger partial charge in [-0.05, 0) is 42.3 Å². The number of fused-ring (bicyclic) bond motifs is 1. The number of rotatable bonds is 1. The summed E-state index contributed by atoms with van der Waals surface area (Å²) >= 11 is 7.22. The van der Waals surface area contributed by atoms with E-state index in [1.807, 2.05) is 23.1 Å². The molecule has 0 spiro atoms. The van der Waals surface area contributed by atoms with Crippen LogP contribution in [0.15, 0.2) is 26.9 Å². The summed E-state index contributed by atoms with van der Waals surface area (Å²) in [5.41, 5.74) is 1.34. The second kappa shape index (κ2) is 3.64. The van der Waals surface area contributed by atoms with Crippen molar-refractivity contribution in [3.63, 3.8) is 0 Å². The number of halogens is 1. The molecule has 0 saturated heterocycles. The summed E-state index contributed by atoms with van der Waals surface area (Å²) in [4.78, 5) is 0. The van der Waals surface area contributed by atoms with Crippen LogP contribution < -0.4 is 0 Å². The number of aryl methyl sites for hydroxylation is 1. The minimum Gasteiger partial charge on any atom is -0.129 e. The van der Waals surface area contributed by atoms with E-state index < -0.39 is 0 Å². The fraction of sp³-hybridized carbons (Fsp3) is 0.200. The molecule has 3 heteroatoms. The van der Waals surface area contributed by atoms with Crippen LogP contribution in [0.3, 0.4) is 0 Å². The zero-order valence-electron chi connectivity index (χ0n) is 7.43. The van der Waals surface area contributed by atoms with Gasteiger partial charge in [0, 0.05) is 9.17 Å². The summed E-state index contributed by atoms with van der Waals surface area (Å²) in [5.74, 6) is 0. The van der Waals surface area contributed by atoms with Gasteiger partial charge in [0.1, 0.15) is 0 Å². The molecule has 0 unspecified atom stereocenters. The van der Waals surface area contributed by atoms with E-state index in [1.165, 1.54) is 24.3 Å². The molecule has 0 nitrogen and oxygen atoms in total. The average Bonchev–Trinajstić information content (AvgIpc) is 2.55. The quantitative estimate of drug-likeness (QED) is 0.679. The van der Waals surface area contributed by atoms with Crippen LogP contribution in [0.25, 0.3) is 10.1 Å². The van der Waals surface area contributed by atoms with Crippen LogP contribution in [-0.2, 0) is 0 Å². The Morgan fingerprint density at radius 1 is 1.38 bits per heavy atom. The Bertz CT molecular complexity index is 445. The molecule has 68 valence electrons. The number of thioether (sulfide) groups is 1. The second-order valence-electron chi connectivity index (χ2n) is 2.85. The lowest BCUT2D eigenvalue weighted by Crippen LogP contribution is -1.74. The SMILES string of the molecule is CSc1cc2c(C)c(Br)ccc2s1. The van der Waals surface area contributed by atoms with Crippen molar-refractivity contribution < 1.29 is 0 Å². The lowest BCUT2D eigenvalue weighted by atomic mass is 10.2. The summed E-state index contributed by atoms with van der Waals surface area (Å²) < 4.78 is 3.96. The van der Waals surface area contributed by atoms with Crippen LogP contribution in [0.4, 0.5) is 0 Å². The fourth-order valence-corrected chi connectivity index (χ4v) is 3.34. The third kappa shape index (κ3) is 1.65. The van der Waals surface area contributed by atoms with Gasteiger partial charge in [0.15, 0.2) is 0 Å². The lowest BCUT2D eigenvalue weighted by Gasteiger charge is -1.97. The monoisotopic (exact) mass is 272 g/mol. The summed E-state index contributed by atoms with van der Waals surface area (Å²) in [5, 5.41) is 1.38. The van der Waals surface area contributed by atoms with Gasteiger partial charge in [-0.15, -0.1) is 23.1 Å². The van der Waals surface area contributed by atoms with Gasteiger partial charge in [0.05, 0.1) is 4.21 Å². The molecule has 1 heterocycles. The van der Waals surface area contributed by atoms with Gasteiger partial charge >= 0.3 is 0 Å². The lowest BCUT2D eigenvalue weighted by molar-refractivity contribution is 1.49. The summed E-state index contributed by atoms with van der Waals surface area (Å²) in [6.45, 7) is 2.16. The highest BCUT2D eigenvalue weighted by molar-refractivity contribution is 9.10. The summed E-state index contributed by atoms with van der Waals surface area (Å²) in [7, 11) is 0. The van der Waals surface area contributed by atoms with Crippen molar-refractivity contribution in [2.75, 3.05) is 6.26 Å². The third-order valence-corrected chi connectivity index (χ3v) is 5.11. The predicted molar refractivity (Wildman–Crippen MR) is 66.0 cm³/mol. The minimum absolute atomic E-state index is 1.20. The zero-order chi connectivity index (χ0) is 9.42. The first-order valence-electron chi connectivity index (χ1n) is 3.95. The topological polar surface area (TPSA) is 0 Å². The molecular weight excluding hydrogens is 264 g/mol. The Labute approximate surface area is 94.5 Å². The van der Waals surface area contributed by atoms with Gasteiger partial charge in [-0.1, -0.05) is 15.9 Å². The Morgan fingerprint density at radius 2 is 2.15 bits per heavy atom. The molecule has 0 fully saturated rings. The third-order valence-electron chi connectivity index (χ3n) is 2.08. The van der Waals surface area contributed by atoms with Crippen LogP contribution in [0.2, 0.25) is 0 Å². The molecule has 13 heavy (non-hydrogen) atoms. The van der Waals surface area contributed by atoms with E-state index in [2.05, 4.69) is 47.3 Å². The van der Waals surface area contributed by atoms with Gasteiger partial charge in [-0.25, -0.2) is 0 Å². The maximum atomic E-state index is 3.55. The molecule has 0 radical (unpaired) electrons. The van der Waals surface area contributed by atoms with Crippen molar-refractivity contribution in [1.29, 1.82) is 0 Å². The summed E-state index contributed by atoms with van der Waals surface area (Å²) in [6.07, 6.45) is 2.12. The highest BCUT2D eigenvalue weighted by atomic mass is 79.9. The van der Waals surface area contributed by atoms with Gasteiger partial charge in [0.2, 0.25) is 0 Å².